The summed E-state index contributed by atoms with van der Waals surface area (Å²) in [5, 5.41) is 9.19. The van der Waals surface area contributed by atoms with Gasteiger partial charge >= 0.3 is 0 Å². The number of nitrogens with zero attached hydrogens (tertiary/aromatic N) is 2. The summed E-state index contributed by atoms with van der Waals surface area (Å²) in [6.07, 6.45) is -0.255. The maximum atomic E-state index is 11.8. The van der Waals surface area contributed by atoms with Gasteiger partial charge in [0.25, 0.3) is 5.56 Å². The van der Waals surface area contributed by atoms with Gasteiger partial charge in [-0.05, 0) is 12.1 Å². The van der Waals surface area contributed by atoms with Crippen molar-refractivity contribution in [2.24, 2.45) is 0 Å². The van der Waals surface area contributed by atoms with Crippen LogP contribution < -0.4 is 5.56 Å². The summed E-state index contributed by atoms with van der Waals surface area (Å²) in [6.45, 7) is 1.74. The second-order valence-corrected chi connectivity index (χ2v) is 4.38. The SMILES string of the molecule is O=c1[nH]c2ccccc2nc1CN1CC(O)C1. The molecule has 5 nitrogen and oxygen atoms in total. The Morgan fingerprint density at radius 2 is 2.18 bits per heavy atom. The average molecular weight is 231 g/mol. The third kappa shape index (κ3) is 1.94. The molecular weight excluding hydrogens is 218 g/mol. The highest BCUT2D eigenvalue weighted by Gasteiger charge is 2.25. The first-order valence-electron chi connectivity index (χ1n) is 5.61. The van der Waals surface area contributed by atoms with Gasteiger partial charge in [0.2, 0.25) is 0 Å². The zero-order chi connectivity index (χ0) is 11.8. The lowest BCUT2D eigenvalue weighted by Gasteiger charge is -2.35. The third-order valence-electron chi connectivity index (χ3n) is 2.98. The molecule has 0 radical (unpaired) electrons. The Hall–Kier alpha value is -1.72. The standard InChI is InChI=1S/C12H13N3O2/c16-8-5-15(6-8)7-11-12(17)14-10-4-2-1-3-9(10)13-11/h1-4,8,16H,5-7H2,(H,14,17). The number of benzene rings is 1. The Morgan fingerprint density at radius 1 is 1.41 bits per heavy atom. The van der Waals surface area contributed by atoms with Crippen LogP contribution in [-0.2, 0) is 6.54 Å². The van der Waals surface area contributed by atoms with Crippen molar-refractivity contribution in [2.75, 3.05) is 13.1 Å². The molecule has 0 amide bonds. The first kappa shape index (κ1) is 10.4. The van der Waals surface area contributed by atoms with Gasteiger partial charge in [-0.15, -0.1) is 0 Å². The summed E-state index contributed by atoms with van der Waals surface area (Å²) in [7, 11) is 0. The highest BCUT2D eigenvalue weighted by molar-refractivity contribution is 5.73. The molecule has 3 rings (SSSR count). The van der Waals surface area contributed by atoms with Crippen LogP contribution in [0.1, 0.15) is 5.69 Å². The van der Waals surface area contributed by atoms with Crippen molar-refractivity contribution < 1.29 is 5.11 Å². The highest BCUT2D eigenvalue weighted by Crippen LogP contribution is 2.11. The number of nitrogens with one attached hydrogen (secondary N) is 1. The van der Waals surface area contributed by atoms with Crippen molar-refractivity contribution in [3.63, 3.8) is 0 Å². The van der Waals surface area contributed by atoms with Gasteiger partial charge in [0.15, 0.2) is 0 Å². The number of para-hydroxylation sites is 2. The van der Waals surface area contributed by atoms with Crippen LogP contribution in [0.2, 0.25) is 0 Å². The lowest BCUT2D eigenvalue weighted by Crippen LogP contribution is -2.50. The number of hydrogen-bond acceptors (Lipinski definition) is 4. The van der Waals surface area contributed by atoms with Crippen LogP contribution in [0.25, 0.3) is 11.0 Å². The maximum Gasteiger partial charge on any atom is 0.271 e. The normalized spacial score (nSPS) is 17.2. The van der Waals surface area contributed by atoms with Gasteiger partial charge < -0.3 is 10.1 Å². The van der Waals surface area contributed by atoms with Crippen molar-refractivity contribution in [3.8, 4) is 0 Å². The largest absolute Gasteiger partial charge is 0.390 e. The van der Waals surface area contributed by atoms with Gasteiger partial charge in [0.05, 0.1) is 17.1 Å². The smallest absolute Gasteiger partial charge is 0.271 e. The number of hydrogen-bond donors (Lipinski definition) is 2. The zero-order valence-corrected chi connectivity index (χ0v) is 9.26. The molecule has 2 aromatic rings. The fraction of sp³-hybridized carbons (Fsp3) is 0.333. The van der Waals surface area contributed by atoms with Crippen LogP contribution in [0.3, 0.4) is 0 Å². The molecule has 1 aliphatic rings. The molecule has 1 fully saturated rings. The van der Waals surface area contributed by atoms with Crippen LogP contribution in [0.4, 0.5) is 0 Å². The van der Waals surface area contributed by atoms with Crippen molar-refractivity contribution in [2.45, 2.75) is 12.6 Å². The lowest BCUT2D eigenvalue weighted by molar-refractivity contribution is -0.00373. The number of β-amino-alcohol motifs (C(OH)–C–C–N with tert-alkyl or cyclic N) is 1. The molecule has 1 aliphatic heterocycles. The minimum atomic E-state index is -0.255. The van der Waals surface area contributed by atoms with E-state index < -0.39 is 0 Å². The van der Waals surface area contributed by atoms with Gasteiger partial charge in [-0.1, -0.05) is 12.1 Å². The number of fused-ring (bicyclic) bond motifs is 1. The second kappa shape index (κ2) is 3.94. The topological polar surface area (TPSA) is 69.2 Å². The predicted octanol–water partition coefficient (Wildman–Crippen LogP) is 0.0996. The van der Waals surface area contributed by atoms with Crippen LogP contribution in [0.5, 0.6) is 0 Å². The predicted molar refractivity (Wildman–Crippen MR) is 63.6 cm³/mol. The first-order chi connectivity index (χ1) is 8.22. The van der Waals surface area contributed by atoms with E-state index in [4.69, 9.17) is 0 Å². The van der Waals surface area contributed by atoms with E-state index >= 15 is 0 Å². The van der Waals surface area contributed by atoms with E-state index in [1.54, 1.807) is 0 Å². The van der Waals surface area contributed by atoms with Gasteiger partial charge in [-0.3, -0.25) is 9.69 Å². The molecule has 5 heteroatoms. The Labute approximate surface area is 97.7 Å². The molecule has 2 N–H and O–H groups in total. The molecule has 1 aromatic carbocycles. The van der Waals surface area contributed by atoms with Crippen molar-refractivity contribution in [3.05, 3.63) is 40.3 Å². The van der Waals surface area contributed by atoms with Crippen molar-refractivity contribution >= 4 is 11.0 Å². The molecule has 0 aliphatic carbocycles. The summed E-state index contributed by atoms with van der Waals surface area (Å²) < 4.78 is 0. The molecule has 0 bridgehead atoms. The third-order valence-corrected chi connectivity index (χ3v) is 2.98. The molecular formula is C12H13N3O2. The number of aromatic nitrogens is 2. The minimum Gasteiger partial charge on any atom is -0.390 e. The number of aliphatic hydroxyl groups is 1. The van der Waals surface area contributed by atoms with Gasteiger partial charge in [0.1, 0.15) is 5.69 Å². The van der Waals surface area contributed by atoms with Crippen LogP contribution in [0.15, 0.2) is 29.1 Å². The molecule has 1 saturated heterocycles. The van der Waals surface area contributed by atoms with Crippen LogP contribution in [0, 0.1) is 0 Å². The lowest BCUT2D eigenvalue weighted by atomic mass is 10.1. The first-order valence-corrected chi connectivity index (χ1v) is 5.61. The van der Waals surface area contributed by atoms with Crippen LogP contribution in [-0.4, -0.2) is 39.2 Å². The average Bonchev–Trinajstić information content (AvgIpc) is 2.28. The number of likely N-dealkylation sites (tertiary alicyclic amines) is 1. The minimum absolute atomic E-state index is 0.148. The molecule has 0 saturated carbocycles. The number of aliphatic hydroxyl groups excluding tert-OH is 1. The van der Waals surface area contributed by atoms with Gasteiger partial charge in [-0.25, -0.2) is 4.98 Å². The van der Waals surface area contributed by atoms with E-state index in [2.05, 4.69) is 9.97 Å². The highest BCUT2D eigenvalue weighted by atomic mass is 16.3. The van der Waals surface area contributed by atoms with E-state index in [1.807, 2.05) is 29.2 Å². The molecule has 17 heavy (non-hydrogen) atoms. The Bertz CT molecular complexity index is 602. The number of aromatic amines is 1. The van der Waals surface area contributed by atoms with E-state index in [-0.39, 0.29) is 11.7 Å². The van der Waals surface area contributed by atoms with Crippen molar-refractivity contribution in [1.29, 1.82) is 0 Å². The second-order valence-electron chi connectivity index (χ2n) is 4.38. The van der Waals surface area contributed by atoms with Crippen LogP contribution >= 0.6 is 0 Å². The zero-order valence-electron chi connectivity index (χ0n) is 9.26. The van der Waals surface area contributed by atoms with Gasteiger partial charge in [0, 0.05) is 19.6 Å². The summed E-state index contributed by atoms with van der Waals surface area (Å²) in [5.41, 5.74) is 1.91. The van der Waals surface area contributed by atoms with Crippen molar-refractivity contribution in [1.82, 2.24) is 14.9 Å². The van der Waals surface area contributed by atoms with E-state index in [9.17, 15) is 9.90 Å². The molecule has 2 heterocycles. The summed E-state index contributed by atoms with van der Waals surface area (Å²) >= 11 is 0. The summed E-state index contributed by atoms with van der Waals surface area (Å²) in [4.78, 5) is 21.0. The monoisotopic (exact) mass is 231 g/mol. The molecule has 0 unspecified atom stereocenters. The molecule has 0 spiro atoms. The van der Waals surface area contributed by atoms with Gasteiger partial charge in [-0.2, -0.15) is 0 Å². The summed E-state index contributed by atoms with van der Waals surface area (Å²) in [5.74, 6) is 0. The van der Waals surface area contributed by atoms with E-state index in [1.165, 1.54) is 0 Å². The van der Waals surface area contributed by atoms with E-state index in [0.717, 1.165) is 11.0 Å². The van der Waals surface area contributed by atoms with E-state index in [0.29, 0.717) is 25.3 Å². The quantitative estimate of drug-likeness (QED) is 0.769. The fourth-order valence-electron chi connectivity index (χ4n) is 2.06. The molecule has 1 aromatic heterocycles. The Morgan fingerprint density at radius 3 is 2.94 bits per heavy atom. The summed E-state index contributed by atoms with van der Waals surface area (Å²) in [6, 6.07) is 7.47. The molecule has 88 valence electrons. The Balaban J connectivity index is 1.93. The maximum absolute atomic E-state index is 11.8. The molecule has 0 atom stereocenters. The Kier molecular flexibility index (Phi) is 2.42. The number of rotatable bonds is 2. The fourth-order valence-corrected chi connectivity index (χ4v) is 2.06. The number of H-pyrrole nitrogens is 1.